The van der Waals surface area contributed by atoms with E-state index in [4.69, 9.17) is 4.74 Å². The SMILES string of the molecule is O=CN(c1ccc(F)cc1)c1cccc(Oc2cccc(C(F)(F)F)c2)n1. The average Bonchev–Trinajstić information content (AvgIpc) is 2.64. The lowest BCUT2D eigenvalue weighted by molar-refractivity contribution is -0.137. The molecule has 0 radical (unpaired) electrons. The van der Waals surface area contributed by atoms with Crippen molar-refractivity contribution in [3.8, 4) is 11.6 Å². The largest absolute Gasteiger partial charge is 0.439 e. The molecule has 0 saturated heterocycles. The van der Waals surface area contributed by atoms with E-state index in [1.165, 1.54) is 54.6 Å². The molecule has 8 heteroatoms. The Morgan fingerprint density at radius 1 is 0.963 bits per heavy atom. The maximum atomic E-state index is 13.1. The first-order valence-corrected chi connectivity index (χ1v) is 7.69. The van der Waals surface area contributed by atoms with Crippen molar-refractivity contribution < 1.29 is 27.1 Å². The molecule has 3 aromatic rings. The van der Waals surface area contributed by atoms with Crippen LogP contribution >= 0.6 is 0 Å². The van der Waals surface area contributed by atoms with Gasteiger partial charge in [0.1, 0.15) is 17.4 Å². The highest BCUT2D eigenvalue weighted by Crippen LogP contribution is 2.33. The second kappa shape index (κ2) is 7.45. The molecule has 138 valence electrons. The topological polar surface area (TPSA) is 42.4 Å². The highest BCUT2D eigenvalue weighted by atomic mass is 19.4. The zero-order valence-corrected chi connectivity index (χ0v) is 13.7. The third-order valence-electron chi connectivity index (χ3n) is 3.55. The van der Waals surface area contributed by atoms with Gasteiger partial charge in [-0.15, -0.1) is 0 Å². The van der Waals surface area contributed by atoms with E-state index in [0.29, 0.717) is 12.1 Å². The molecule has 0 atom stereocenters. The van der Waals surface area contributed by atoms with Crippen LogP contribution in [0.3, 0.4) is 0 Å². The number of pyridine rings is 1. The summed E-state index contributed by atoms with van der Waals surface area (Å²) in [6, 6.07) is 14.0. The fourth-order valence-electron chi connectivity index (χ4n) is 2.30. The van der Waals surface area contributed by atoms with Crippen LogP contribution in [0.2, 0.25) is 0 Å². The summed E-state index contributed by atoms with van der Waals surface area (Å²) in [5, 5.41) is 0. The lowest BCUT2D eigenvalue weighted by Gasteiger charge is -2.17. The highest BCUT2D eigenvalue weighted by Gasteiger charge is 2.30. The van der Waals surface area contributed by atoms with E-state index in [2.05, 4.69) is 4.98 Å². The zero-order chi connectivity index (χ0) is 19.4. The van der Waals surface area contributed by atoms with E-state index < -0.39 is 17.6 Å². The second-order valence-corrected chi connectivity index (χ2v) is 5.41. The van der Waals surface area contributed by atoms with E-state index in [1.807, 2.05) is 0 Å². The number of carbonyl (C=O) groups excluding carboxylic acids is 1. The minimum absolute atomic E-state index is 0.000728. The zero-order valence-electron chi connectivity index (χ0n) is 13.7. The predicted molar refractivity (Wildman–Crippen MR) is 90.4 cm³/mol. The van der Waals surface area contributed by atoms with Crippen LogP contribution in [-0.2, 0) is 11.0 Å². The van der Waals surface area contributed by atoms with Crippen molar-refractivity contribution in [1.82, 2.24) is 4.98 Å². The Hall–Kier alpha value is -3.42. The van der Waals surface area contributed by atoms with Gasteiger partial charge < -0.3 is 4.74 Å². The molecule has 0 aliphatic heterocycles. The standard InChI is InChI=1S/C19H12F4N2O2/c20-14-7-9-15(10-8-14)25(12-26)17-5-2-6-18(24-17)27-16-4-1-3-13(11-16)19(21,22)23/h1-12H. The number of amides is 1. The Bertz CT molecular complexity index is 943. The van der Waals surface area contributed by atoms with Crippen LogP contribution in [0.15, 0.2) is 66.7 Å². The molecule has 0 N–H and O–H groups in total. The summed E-state index contributed by atoms with van der Waals surface area (Å²) in [7, 11) is 0. The van der Waals surface area contributed by atoms with Crippen molar-refractivity contribution in [3.63, 3.8) is 0 Å². The fraction of sp³-hybridized carbons (Fsp3) is 0.0526. The molecular formula is C19H12F4N2O2. The normalized spacial score (nSPS) is 11.1. The van der Waals surface area contributed by atoms with Crippen molar-refractivity contribution in [2.45, 2.75) is 6.18 Å². The maximum Gasteiger partial charge on any atom is 0.416 e. The molecule has 0 fully saturated rings. The van der Waals surface area contributed by atoms with Gasteiger partial charge in [0.15, 0.2) is 0 Å². The highest BCUT2D eigenvalue weighted by molar-refractivity contribution is 5.84. The fourth-order valence-corrected chi connectivity index (χ4v) is 2.30. The number of rotatable bonds is 5. The van der Waals surface area contributed by atoms with Crippen molar-refractivity contribution in [1.29, 1.82) is 0 Å². The van der Waals surface area contributed by atoms with Crippen LogP contribution in [-0.4, -0.2) is 11.4 Å². The summed E-state index contributed by atoms with van der Waals surface area (Å²) in [6.45, 7) is 0. The molecule has 1 heterocycles. The number of carbonyl (C=O) groups is 1. The van der Waals surface area contributed by atoms with E-state index >= 15 is 0 Å². The Kier molecular flexibility index (Phi) is 5.07. The monoisotopic (exact) mass is 376 g/mol. The minimum Gasteiger partial charge on any atom is -0.439 e. The van der Waals surface area contributed by atoms with Crippen LogP contribution in [0.1, 0.15) is 5.56 Å². The van der Waals surface area contributed by atoms with Gasteiger partial charge in [-0.3, -0.25) is 9.69 Å². The first-order valence-electron chi connectivity index (χ1n) is 7.69. The number of aromatic nitrogens is 1. The van der Waals surface area contributed by atoms with Crippen LogP contribution < -0.4 is 9.64 Å². The third-order valence-corrected chi connectivity index (χ3v) is 3.55. The van der Waals surface area contributed by atoms with Gasteiger partial charge in [-0.25, -0.2) is 4.39 Å². The molecule has 27 heavy (non-hydrogen) atoms. The van der Waals surface area contributed by atoms with E-state index in [-0.39, 0.29) is 17.4 Å². The van der Waals surface area contributed by atoms with E-state index in [1.54, 1.807) is 0 Å². The number of ether oxygens (including phenoxy) is 1. The van der Waals surface area contributed by atoms with E-state index in [0.717, 1.165) is 17.0 Å². The summed E-state index contributed by atoms with van der Waals surface area (Å²) in [6.07, 6.45) is -4.00. The van der Waals surface area contributed by atoms with Crippen molar-refractivity contribution in [2.24, 2.45) is 0 Å². The summed E-state index contributed by atoms with van der Waals surface area (Å²) in [4.78, 5) is 16.7. The summed E-state index contributed by atoms with van der Waals surface area (Å²) in [5.41, 5.74) is -0.480. The van der Waals surface area contributed by atoms with Gasteiger partial charge >= 0.3 is 6.18 Å². The molecule has 0 bridgehead atoms. The number of hydrogen-bond acceptors (Lipinski definition) is 3. The van der Waals surface area contributed by atoms with Gasteiger partial charge in [-0.1, -0.05) is 12.1 Å². The number of benzene rings is 2. The number of halogens is 4. The molecule has 0 unspecified atom stereocenters. The summed E-state index contributed by atoms with van der Waals surface area (Å²) in [5.74, 6) is -0.338. The van der Waals surface area contributed by atoms with Crippen molar-refractivity contribution in [2.75, 3.05) is 4.90 Å². The van der Waals surface area contributed by atoms with Crippen LogP contribution in [0, 0.1) is 5.82 Å². The third kappa shape index (κ3) is 4.41. The quantitative estimate of drug-likeness (QED) is 0.447. The number of hydrogen-bond donors (Lipinski definition) is 0. The smallest absolute Gasteiger partial charge is 0.416 e. The number of alkyl halides is 3. The molecule has 0 aliphatic carbocycles. The molecule has 3 rings (SSSR count). The Balaban J connectivity index is 1.87. The second-order valence-electron chi connectivity index (χ2n) is 5.41. The van der Waals surface area contributed by atoms with Gasteiger partial charge in [0.05, 0.1) is 11.3 Å². The average molecular weight is 376 g/mol. The molecule has 0 spiro atoms. The van der Waals surface area contributed by atoms with Crippen LogP contribution in [0.5, 0.6) is 11.6 Å². The first-order chi connectivity index (χ1) is 12.9. The maximum absolute atomic E-state index is 13.1. The lowest BCUT2D eigenvalue weighted by atomic mass is 10.2. The number of nitrogens with zero attached hydrogens (tertiary/aromatic N) is 2. The van der Waals surface area contributed by atoms with Gasteiger partial charge in [-0.2, -0.15) is 18.2 Å². The van der Waals surface area contributed by atoms with E-state index in [9.17, 15) is 22.4 Å². The van der Waals surface area contributed by atoms with Crippen LogP contribution in [0.25, 0.3) is 0 Å². The molecule has 1 amide bonds. The van der Waals surface area contributed by atoms with Crippen molar-refractivity contribution in [3.05, 3.63) is 78.1 Å². The minimum atomic E-state index is -4.49. The van der Waals surface area contributed by atoms with Gasteiger partial charge in [-0.05, 0) is 48.5 Å². The molecule has 0 saturated carbocycles. The van der Waals surface area contributed by atoms with Gasteiger partial charge in [0, 0.05) is 6.07 Å². The molecule has 1 aromatic heterocycles. The summed E-state index contributed by atoms with van der Waals surface area (Å²) < 4.78 is 56.8. The van der Waals surface area contributed by atoms with Gasteiger partial charge in [0.2, 0.25) is 12.3 Å². The Labute approximate surface area is 151 Å². The summed E-state index contributed by atoms with van der Waals surface area (Å²) >= 11 is 0. The molecule has 4 nitrogen and oxygen atoms in total. The predicted octanol–water partition coefficient (Wildman–Crippen LogP) is 5.33. The number of anilines is 2. The van der Waals surface area contributed by atoms with Crippen molar-refractivity contribution >= 4 is 17.9 Å². The van der Waals surface area contributed by atoms with Crippen LogP contribution in [0.4, 0.5) is 29.1 Å². The molecule has 0 aliphatic rings. The van der Waals surface area contributed by atoms with Gasteiger partial charge in [0.25, 0.3) is 0 Å². The lowest BCUT2D eigenvalue weighted by Crippen LogP contribution is -2.15. The molecular weight excluding hydrogens is 364 g/mol. The molecule has 2 aromatic carbocycles. The Morgan fingerprint density at radius 2 is 1.67 bits per heavy atom. The first kappa shape index (κ1) is 18.4. The Morgan fingerprint density at radius 3 is 2.33 bits per heavy atom.